The first-order valence-electron chi connectivity index (χ1n) is 37.7. The number of carbonyl (C=O) groups is 4. The van der Waals surface area contributed by atoms with Crippen LogP contribution in [0, 0.1) is 23.7 Å². The lowest BCUT2D eigenvalue weighted by Gasteiger charge is -2.21. The average molecular weight is 1350 g/mol. The van der Waals surface area contributed by atoms with Gasteiger partial charge in [-0.2, -0.15) is 0 Å². The van der Waals surface area contributed by atoms with Crippen LogP contribution in [0.4, 0.5) is 0 Å². The van der Waals surface area contributed by atoms with E-state index in [1.807, 2.05) is 0 Å². The molecule has 0 aromatic rings. The minimum atomic E-state index is -4.95. The Bertz CT molecular complexity index is 1820. The molecule has 0 aliphatic carbocycles. The van der Waals surface area contributed by atoms with Crippen molar-refractivity contribution in [2.75, 3.05) is 39.6 Å². The predicted molar refractivity (Wildman–Crippen MR) is 372 cm³/mol. The van der Waals surface area contributed by atoms with Gasteiger partial charge < -0.3 is 33.8 Å². The smallest absolute Gasteiger partial charge is 0.462 e. The monoisotopic (exact) mass is 1350 g/mol. The van der Waals surface area contributed by atoms with E-state index in [2.05, 4.69) is 55.4 Å². The van der Waals surface area contributed by atoms with Gasteiger partial charge in [0, 0.05) is 25.7 Å². The molecular formula is C73H142O17P2. The maximum Gasteiger partial charge on any atom is 0.472 e. The van der Waals surface area contributed by atoms with Crippen molar-refractivity contribution in [2.24, 2.45) is 23.7 Å². The number of carbonyl (C=O) groups excluding carboxylic acids is 4. The zero-order valence-electron chi connectivity index (χ0n) is 60.2. The third-order valence-electron chi connectivity index (χ3n) is 17.2. The Balaban J connectivity index is 5.25. The highest BCUT2D eigenvalue weighted by Gasteiger charge is 2.30. The second-order valence-corrected chi connectivity index (χ2v) is 30.9. The van der Waals surface area contributed by atoms with Crippen LogP contribution in [-0.4, -0.2) is 96.7 Å². The van der Waals surface area contributed by atoms with Gasteiger partial charge in [0.2, 0.25) is 0 Å². The number of aliphatic hydroxyl groups excluding tert-OH is 1. The fourth-order valence-corrected chi connectivity index (χ4v) is 12.6. The molecule has 0 bridgehead atoms. The largest absolute Gasteiger partial charge is 0.472 e. The molecule has 0 spiro atoms. The summed E-state index contributed by atoms with van der Waals surface area (Å²) < 4.78 is 68.4. The summed E-state index contributed by atoms with van der Waals surface area (Å²) in [6.45, 7) is 14.1. The van der Waals surface area contributed by atoms with Gasteiger partial charge >= 0.3 is 39.5 Å². The quantitative estimate of drug-likeness (QED) is 0.0222. The van der Waals surface area contributed by atoms with Crippen LogP contribution in [0.5, 0.6) is 0 Å². The number of rotatable bonds is 70. The number of aliphatic hydroxyl groups is 1. The Hall–Kier alpha value is -1.94. The molecule has 6 atom stereocenters. The van der Waals surface area contributed by atoms with Crippen LogP contribution in [0.3, 0.4) is 0 Å². The van der Waals surface area contributed by atoms with Crippen LogP contribution in [0.15, 0.2) is 0 Å². The Morgan fingerprint density at radius 3 is 0.772 bits per heavy atom. The van der Waals surface area contributed by atoms with Gasteiger partial charge in [0.1, 0.15) is 19.3 Å². The van der Waals surface area contributed by atoms with Crippen LogP contribution in [0.25, 0.3) is 0 Å². The molecule has 0 fully saturated rings. The van der Waals surface area contributed by atoms with Gasteiger partial charge in [0.15, 0.2) is 12.2 Å². The van der Waals surface area contributed by atoms with Gasteiger partial charge in [-0.1, -0.05) is 312 Å². The summed E-state index contributed by atoms with van der Waals surface area (Å²) in [7, 11) is -9.91. The van der Waals surface area contributed by atoms with E-state index in [0.717, 1.165) is 114 Å². The van der Waals surface area contributed by atoms with Gasteiger partial charge in [-0.3, -0.25) is 37.3 Å². The van der Waals surface area contributed by atoms with E-state index in [1.165, 1.54) is 161 Å². The summed E-state index contributed by atoms with van der Waals surface area (Å²) in [6, 6.07) is 0. The molecule has 0 rings (SSSR count). The Kier molecular flexibility index (Phi) is 61.3. The van der Waals surface area contributed by atoms with Crippen molar-refractivity contribution in [1.29, 1.82) is 0 Å². The summed E-state index contributed by atoms with van der Waals surface area (Å²) in [5, 5.41) is 10.6. The molecule has 0 aliphatic heterocycles. The number of unbranched alkanes of at least 4 members (excludes halogenated alkanes) is 35. The van der Waals surface area contributed by atoms with E-state index in [-0.39, 0.29) is 25.7 Å². The molecule has 0 amide bonds. The zero-order chi connectivity index (χ0) is 68.2. The van der Waals surface area contributed by atoms with Gasteiger partial charge in [-0.05, 0) is 49.4 Å². The van der Waals surface area contributed by atoms with E-state index in [4.69, 9.17) is 37.0 Å². The number of hydrogen-bond donors (Lipinski definition) is 3. The molecule has 3 unspecified atom stereocenters. The summed E-state index contributed by atoms with van der Waals surface area (Å²) in [4.78, 5) is 72.7. The molecule has 0 saturated heterocycles. The Morgan fingerprint density at radius 2 is 0.522 bits per heavy atom. The highest BCUT2D eigenvalue weighted by molar-refractivity contribution is 7.47. The minimum Gasteiger partial charge on any atom is -0.462 e. The SMILES string of the molecule is CCC(C)CCCCCCCCCCCCC(=O)O[C@H](COC(=O)CCCCCCCCCCCCC(C)C)COP(=O)(O)OC[C@@H](O)COP(=O)(O)OC[C@@H](COC(=O)CCCCCCCCC(C)C)OC(=O)CCCCCCCCCCCCCCCC(C)C. The van der Waals surface area contributed by atoms with Crippen molar-refractivity contribution in [3.05, 3.63) is 0 Å². The Labute approximate surface area is 562 Å². The molecule has 546 valence electrons. The maximum atomic E-state index is 13.0. The molecule has 17 nitrogen and oxygen atoms in total. The summed E-state index contributed by atoms with van der Waals surface area (Å²) in [6.07, 6.45) is 45.8. The van der Waals surface area contributed by atoms with Crippen molar-refractivity contribution < 1.29 is 80.2 Å². The lowest BCUT2D eigenvalue weighted by Crippen LogP contribution is -2.30. The van der Waals surface area contributed by atoms with Gasteiger partial charge in [-0.15, -0.1) is 0 Å². The van der Waals surface area contributed by atoms with Crippen molar-refractivity contribution in [3.63, 3.8) is 0 Å². The molecule has 0 aliphatic rings. The van der Waals surface area contributed by atoms with E-state index in [1.54, 1.807) is 0 Å². The number of phosphoric acid groups is 2. The van der Waals surface area contributed by atoms with E-state index in [9.17, 15) is 43.2 Å². The second kappa shape index (κ2) is 62.6. The minimum absolute atomic E-state index is 0.105. The van der Waals surface area contributed by atoms with Crippen molar-refractivity contribution in [1.82, 2.24) is 0 Å². The van der Waals surface area contributed by atoms with Gasteiger partial charge in [0.05, 0.1) is 26.4 Å². The molecule has 0 aromatic heterocycles. The molecular weight excluding hydrogens is 1210 g/mol. The lowest BCUT2D eigenvalue weighted by atomic mass is 9.99. The van der Waals surface area contributed by atoms with Crippen molar-refractivity contribution in [2.45, 2.75) is 382 Å². The Morgan fingerprint density at radius 1 is 0.304 bits per heavy atom. The number of phosphoric ester groups is 2. The fourth-order valence-electron chi connectivity index (χ4n) is 11.0. The number of ether oxygens (including phenoxy) is 4. The molecule has 0 radical (unpaired) electrons. The highest BCUT2D eigenvalue weighted by Crippen LogP contribution is 2.45. The van der Waals surface area contributed by atoms with Crippen LogP contribution in [-0.2, 0) is 65.4 Å². The average Bonchev–Trinajstić information content (AvgIpc) is 2.06. The van der Waals surface area contributed by atoms with Crippen molar-refractivity contribution in [3.8, 4) is 0 Å². The van der Waals surface area contributed by atoms with Crippen LogP contribution < -0.4 is 0 Å². The first-order valence-corrected chi connectivity index (χ1v) is 40.7. The first kappa shape index (κ1) is 90.1. The third kappa shape index (κ3) is 65.4. The first-order chi connectivity index (χ1) is 44.1. The topological polar surface area (TPSA) is 237 Å². The molecule has 19 heteroatoms. The van der Waals surface area contributed by atoms with Gasteiger partial charge in [0.25, 0.3) is 0 Å². The zero-order valence-corrected chi connectivity index (χ0v) is 62.0. The number of esters is 4. The number of hydrogen-bond acceptors (Lipinski definition) is 15. The summed E-state index contributed by atoms with van der Waals surface area (Å²) >= 11 is 0. The molecule has 92 heavy (non-hydrogen) atoms. The fraction of sp³-hybridized carbons (Fsp3) is 0.945. The van der Waals surface area contributed by atoms with Crippen LogP contribution in [0.1, 0.15) is 364 Å². The maximum absolute atomic E-state index is 13.0. The van der Waals surface area contributed by atoms with Crippen LogP contribution in [0.2, 0.25) is 0 Å². The lowest BCUT2D eigenvalue weighted by molar-refractivity contribution is -0.161. The third-order valence-corrected chi connectivity index (χ3v) is 19.1. The summed E-state index contributed by atoms with van der Waals surface area (Å²) in [5.74, 6) is 0.901. The summed E-state index contributed by atoms with van der Waals surface area (Å²) in [5.41, 5.74) is 0. The predicted octanol–water partition coefficient (Wildman–Crippen LogP) is 20.9. The molecule has 0 aromatic carbocycles. The standard InChI is InChI=1S/C73H142O17P2/c1-9-66(8)52-44-36-27-21-16-18-24-30-40-48-56-73(78)89-68(59-83-70(75)53-45-37-28-22-17-15-20-26-34-42-50-64(4)5)61-87-91(79,80)85-57-67(74)58-86-92(81,82)88-62-69(60-84-71(76)54-46-38-32-31-35-43-51-65(6)7)90-72(77)55-47-39-29-23-14-12-10-11-13-19-25-33-41-49-63(2)3/h63-69,74H,9-62H2,1-8H3,(H,79,80)(H,81,82)/t66?,67-,68-,69-/m1/s1. The van der Waals surface area contributed by atoms with Gasteiger partial charge in [-0.25, -0.2) is 9.13 Å². The van der Waals surface area contributed by atoms with E-state index < -0.39 is 97.5 Å². The van der Waals surface area contributed by atoms with Crippen LogP contribution >= 0.6 is 15.6 Å². The van der Waals surface area contributed by atoms with Crippen molar-refractivity contribution >= 4 is 39.5 Å². The molecule has 0 saturated carbocycles. The van der Waals surface area contributed by atoms with E-state index in [0.29, 0.717) is 31.6 Å². The second-order valence-electron chi connectivity index (χ2n) is 28.0. The molecule has 0 heterocycles. The normalized spacial score (nSPS) is 14.5. The van der Waals surface area contributed by atoms with E-state index >= 15 is 0 Å². The molecule has 3 N–H and O–H groups in total. The highest BCUT2D eigenvalue weighted by atomic mass is 31.2.